The van der Waals surface area contributed by atoms with Crippen molar-refractivity contribution >= 4 is 17.8 Å². The van der Waals surface area contributed by atoms with Crippen LogP contribution in [0.5, 0.6) is 0 Å². The van der Waals surface area contributed by atoms with Crippen molar-refractivity contribution in [2.45, 2.75) is 26.7 Å². The minimum Gasteiger partial charge on any atom is -0.468 e. The lowest BCUT2D eigenvalue weighted by Gasteiger charge is -2.33. The zero-order valence-corrected chi connectivity index (χ0v) is 13.7. The molecular formula is C15H27N3O4. The normalized spacial score (nSPS) is 18.6. The van der Waals surface area contributed by atoms with Crippen molar-refractivity contribution in [2.24, 2.45) is 17.6 Å². The van der Waals surface area contributed by atoms with Crippen LogP contribution < -0.4 is 5.73 Å². The molecule has 0 aliphatic carbocycles. The molecule has 1 aliphatic heterocycles. The second-order valence-corrected chi connectivity index (χ2v) is 6.22. The van der Waals surface area contributed by atoms with Crippen molar-refractivity contribution in [3.63, 3.8) is 0 Å². The van der Waals surface area contributed by atoms with Crippen molar-refractivity contribution in [1.82, 2.24) is 9.80 Å². The van der Waals surface area contributed by atoms with Crippen LogP contribution in [0.15, 0.2) is 0 Å². The summed E-state index contributed by atoms with van der Waals surface area (Å²) in [5, 5.41) is 0. The highest BCUT2D eigenvalue weighted by atomic mass is 16.5. The quantitative estimate of drug-likeness (QED) is 0.659. The number of methoxy groups -OCH3 is 1. The van der Waals surface area contributed by atoms with Crippen LogP contribution in [0.25, 0.3) is 0 Å². The van der Waals surface area contributed by atoms with Crippen molar-refractivity contribution in [3.05, 3.63) is 0 Å². The second kappa shape index (κ2) is 8.73. The predicted molar refractivity (Wildman–Crippen MR) is 81.8 cm³/mol. The Kier molecular flexibility index (Phi) is 7.31. The van der Waals surface area contributed by atoms with E-state index in [1.807, 2.05) is 13.8 Å². The summed E-state index contributed by atoms with van der Waals surface area (Å²) in [4.78, 5) is 38.6. The van der Waals surface area contributed by atoms with Crippen LogP contribution in [0.4, 0.5) is 0 Å². The number of primary amides is 1. The largest absolute Gasteiger partial charge is 0.468 e. The van der Waals surface area contributed by atoms with E-state index in [1.165, 1.54) is 7.11 Å². The standard InChI is InChI=1S/C15H27N3O4/c1-11(2)7-17(10-14(20)22-3)9-13(19)18-6-4-5-12(8-18)15(16)21/h11-12H,4-10H2,1-3H3,(H2,16,21)/t12-/m1/s1. The van der Waals surface area contributed by atoms with E-state index >= 15 is 0 Å². The van der Waals surface area contributed by atoms with E-state index in [0.29, 0.717) is 25.6 Å². The van der Waals surface area contributed by atoms with E-state index < -0.39 is 0 Å². The van der Waals surface area contributed by atoms with Gasteiger partial charge in [0, 0.05) is 19.6 Å². The number of esters is 1. The maximum absolute atomic E-state index is 12.4. The minimum atomic E-state index is -0.359. The summed E-state index contributed by atoms with van der Waals surface area (Å²) in [5.41, 5.74) is 5.33. The van der Waals surface area contributed by atoms with E-state index in [-0.39, 0.29) is 36.8 Å². The molecule has 0 spiro atoms. The number of nitrogens with two attached hydrogens (primary N) is 1. The number of rotatable bonds is 7. The molecule has 0 saturated carbocycles. The Morgan fingerprint density at radius 3 is 2.55 bits per heavy atom. The van der Waals surface area contributed by atoms with Gasteiger partial charge in [-0.2, -0.15) is 0 Å². The van der Waals surface area contributed by atoms with Crippen LogP contribution in [0.2, 0.25) is 0 Å². The molecule has 0 aromatic rings. The average molecular weight is 313 g/mol. The summed E-state index contributed by atoms with van der Waals surface area (Å²) in [5.74, 6) is -0.724. The van der Waals surface area contributed by atoms with Crippen molar-refractivity contribution in [2.75, 3.05) is 39.8 Å². The Balaban J connectivity index is 2.61. The first-order chi connectivity index (χ1) is 10.3. The first-order valence-electron chi connectivity index (χ1n) is 7.69. The first kappa shape index (κ1) is 18.4. The molecular weight excluding hydrogens is 286 g/mol. The van der Waals surface area contributed by atoms with Gasteiger partial charge in [-0.3, -0.25) is 19.3 Å². The van der Waals surface area contributed by atoms with Gasteiger partial charge in [0.2, 0.25) is 11.8 Å². The third-order valence-electron chi connectivity index (χ3n) is 3.74. The fraction of sp³-hybridized carbons (Fsp3) is 0.800. The van der Waals surface area contributed by atoms with Crippen LogP contribution in [-0.2, 0) is 19.1 Å². The topological polar surface area (TPSA) is 92.9 Å². The van der Waals surface area contributed by atoms with Crippen molar-refractivity contribution in [1.29, 1.82) is 0 Å². The zero-order valence-electron chi connectivity index (χ0n) is 13.7. The van der Waals surface area contributed by atoms with Gasteiger partial charge in [-0.1, -0.05) is 13.8 Å². The molecule has 22 heavy (non-hydrogen) atoms. The number of piperidine rings is 1. The zero-order chi connectivity index (χ0) is 16.7. The maximum Gasteiger partial charge on any atom is 0.319 e. The van der Waals surface area contributed by atoms with E-state index in [0.717, 1.165) is 12.8 Å². The number of nitrogens with zero attached hydrogens (tertiary/aromatic N) is 2. The molecule has 7 heteroatoms. The number of carbonyl (C=O) groups excluding carboxylic acids is 3. The number of hydrogen-bond donors (Lipinski definition) is 1. The summed E-state index contributed by atoms with van der Waals surface area (Å²) in [7, 11) is 1.33. The minimum absolute atomic E-state index is 0.0736. The van der Waals surface area contributed by atoms with Crippen LogP contribution in [-0.4, -0.2) is 67.4 Å². The van der Waals surface area contributed by atoms with Crippen molar-refractivity contribution in [3.8, 4) is 0 Å². The molecule has 2 N–H and O–H groups in total. The van der Waals surface area contributed by atoms with Crippen LogP contribution in [0.3, 0.4) is 0 Å². The van der Waals surface area contributed by atoms with E-state index in [9.17, 15) is 14.4 Å². The monoisotopic (exact) mass is 313 g/mol. The molecule has 1 rings (SSSR count). The Morgan fingerprint density at radius 2 is 2.00 bits per heavy atom. The highest BCUT2D eigenvalue weighted by Crippen LogP contribution is 2.16. The molecule has 1 atom stereocenters. The lowest BCUT2D eigenvalue weighted by Crippen LogP contribution is -2.48. The molecule has 1 saturated heterocycles. The molecule has 0 aromatic heterocycles. The Hall–Kier alpha value is -1.63. The van der Waals surface area contributed by atoms with Gasteiger partial charge in [0.05, 0.1) is 26.1 Å². The van der Waals surface area contributed by atoms with E-state index in [1.54, 1.807) is 9.80 Å². The van der Waals surface area contributed by atoms with Gasteiger partial charge < -0.3 is 15.4 Å². The Morgan fingerprint density at radius 1 is 1.32 bits per heavy atom. The van der Waals surface area contributed by atoms with Crippen LogP contribution in [0, 0.1) is 11.8 Å². The third-order valence-corrected chi connectivity index (χ3v) is 3.74. The second-order valence-electron chi connectivity index (χ2n) is 6.22. The molecule has 126 valence electrons. The number of amides is 2. The Labute approximate surface area is 131 Å². The van der Waals surface area contributed by atoms with Gasteiger partial charge in [-0.25, -0.2) is 0 Å². The highest BCUT2D eigenvalue weighted by molar-refractivity contribution is 5.81. The highest BCUT2D eigenvalue weighted by Gasteiger charge is 2.28. The summed E-state index contributed by atoms with van der Waals surface area (Å²) in [6.45, 7) is 5.94. The number of hydrogen-bond acceptors (Lipinski definition) is 5. The smallest absolute Gasteiger partial charge is 0.319 e. The predicted octanol–water partition coefficient (Wildman–Crippen LogP) is -0.159. The number of ether oxygens (including phenoxy) is 1. The van der Waals surface area contributed by atoms with Gasteiger partial charge >= 0.3 is 5.97 Å². The molecule has 0 aromatic carbocycles. The average Bonchev–Trinajstić information content (AvgIpc) is 2.46. The molecule has 0 radical (unpaired) electrons. The number of carbonyl (C=O) groups is 3. The molecule has 2 amide bonds. The summed E-state index contributed by atoms with van der Waals surface area (Å²) < 4.78 is 4.67. The van der Waals surface area contributed by atoms with Gasteiger partial charge in [-0.05, 0) is 18.8 Å². The molecule has 0 bridgehead atoms. The van der Waals surface area contributed by atoms with Crippen molar-refractivity contribution < 1.29 is 19.1 Å². The Bertz CT molecular complexity index is 412. The SMILES string of the molecule is COC(=O)CN(CC(=O)N1CCC[C@@H](C(N)=O)C1)CC(C)C. The lowest BCUT2D eigenvalue weighted by atomic mass is 9.97. The van der Waals surface area contributed by atoms with Crippen LogP contribution >= 0.6 is 0 Å². The lowest BCUT2D eigenvalue weighted by molar-refractivity contribution is -0.143. The molecule has 1 heterocycles. The van der Waals surface area contributed by atoms with E-state index in [2.05, 4.69) is 4.74 Å². The third kappa shape index (κ3) is 6.01. The molecule has 1 fully saturated rings. The summed E-state index contributed by atoms with van der Waals surface area (Å²) in [6.07, 6.45) is 1.51. The molecule has 7 nitrogen and oxygen atoms in total. The maximum atomic E-state index is 12.4. The number of likely N-dealkylation sites (tertiary alicyclic amines) is 1. The fourth-order valence-electron chi connectivity index (χ4n) is 2.68. The molecule has 0 unspecified atom stereocenters. The van der Waals surface area contributed by atoms with Gasteiger partial charge in [0.1, 0.15) is 0 Å². The summed E-state index contributed by atoms with van der Waals surface area (Å²) in [6, 6.07) is 0. The first-order valence-corrected chi connectivity index (χ1v) is 7.69. The van der Waals surface area contributed by atoms with Crippen LogP contribution in [0.1, 0.15) is 26.7 Å². The van der Waals surface area contributed by atoms with Gasteiger partial charge in [-0.15, -0.1) is 0 Å². The van der Waals surface area contributed by atoms with Gasteiger partial charge in [0.25, 0.3) is 0 Å². The molecule has 1 aliphatic rings. The summed E-state index contributed by atoms with van der Waals surface area (Å²) >= 11 is 0. The van der Waals surface area contributed by atoms with E-state index in [4.69, 9.17) is 5.73 Å². The fourth-order valence-corrected chi connectivity index (χ4v) is 2.68. The van der Waals surface area contributed by atoms with Gasteiger partial charge in [0.15, 0.2) is 0 Å².